The normalized spacial score (nSPS) is 16.3. The van der Waals surface area contributed by atoms with Gasteiger partial charge in [-0.15, -0.1) is 5.06 Å². The lowest BCUT2D eigenvalue weighted by molar-refractivity contribution is -0.207. The number of benzene rings is 1. The molecule has 0 saturated carbocycles. The van der Waals surface area contributed by atoms with Gasteiger partial charge in [0.05, 0.1) is 28.8 Å². The summed E-state index contributed by atoms with van der Waals surface area (Å²) < 4.78 is 60.4. The third kappa shape index (κ3) is 6.07. The summed E-state index contributed by atoms with van der Waals surface area (Å²) in [6.07, 6.45) is -4.89. The van der Waals surface area contributed by atoms with E-state index in [9.17, 15) is 27.2 Å². The first-order chi connectivity index (χ1) is 14.3. The molecule has 11 heteroatoms. The fraction of sp³-hybridized carbons (Fsp3) is 0.600. The van der Waals surface area contributed by atoms with Crippen LogP contribution in [0.4, 0.5) is 23.2 Å². The van der Waals surface area contributed by atoms with Crippen LogP contribution in [-0.4, -0.2) is 54.7 Å². The minimum absolute atomic E-state index is 0.0902. The second-order valence-corrected chi connectivity index (χ2v) is 8.23. The van der Waals surface area contributed by atoms with E-state index in [0.717, 1.165) is 0 Å². The number of piperazine rings is 1. The molecular weight excluding hydrogens is 422 g/mol. The average molecular weight is 449 g/mol. The summed E-state index contributed by atoms with van der Waals surface area (Å²) in [5.74, 6) is -2.83. The summed E-state index contributed by atoms with van der Waals surface area (Å²) in [6.45, 7) is 7.12. The van der Waals surface area contributed by atoms with Gasteiger partial charge in [-0.25, -0.2) is 14.0 Å². The molecule has 1 aromatic rings. The van der Waals surface area contributed by atoms with Gasteiger partial charge in [-0.05, 0) is 33.8 Å². The first-order valence-corrected chi connectivity index (χ1v) is 9.80. The number of halogens is 4. The Balaban J connectivity index is 2.21. The van der Waals surface area contributed by atoms with Gasteiger partial charge in [-0.2, -0.15) is 13.2 Å². The number of hydrogen-bond donors (Lipinski definition) is 1. The van der Waals surface area contributed by atoms with E-state index in [2.05, 4.69) is 4.74 Å². The molecule has 31 heavy (non-hydrogen) atoms. The Labute approximate surface area is 178 Å². The summed E-state index contributed by atoms with van der Waals surface area (Å²) in [4.78, 5) is 30.7. The maximum atomic E-state index is 14.8. The first-order valence-electron chi connectivity index (χ1n) is 9.80. The van der Waals surface area contributed by atoms with Crippen molar-refractivity contribution in [1.29, 1.82) is 0 Å². The molecule has 1 aliphatic rings. The van der Waals surface area contributed by atoms with Gasteiger partial charge in [0.15, 0.2) is 5.82 Å². The molecule has 0 radical (unpaired) electrons. The van der Waals surface area contributed by atoms with Gasteiger partial charge in [0.1, 0.15) is 0 Å². The van der Waals surface area contributed by atoms with E-state index in [1.54, 1.807) is 25.7 Å². The van der Waals surface area contributed by atoms with Crippen LogP contribution in [0, 0.1) is 11.2 Å². The highest BCUT2D eigenvalue weighted by molar-refractivity contribution is 5.95. The highest BCUT2D eigenvalue weighted by Gasteiger charge is 2.38. The van der Waals surface area contributed by atoms with Crippen molar-refractivity contribution in [1.82, 2.24) is 9.96 Å². The number of carbonyl (C=O) groups excluding carboxylic acids is 2. The number of rotatable bonds is 5. The molecule has 174 valence electrons. The summed E-state index contributed by atoms with van der Waals surface area (Å²) in [7, 11) is 0. The number of esters is 1. The zero-order valence-electron chi connectivity index (χ0n) is 17.9. The number of nitrogens with two attached hydrogens (primary N) is 1. The lowest BCUT2D eigenvalue weighted by Crippen LogP contribution is -2.47. The van der Waals surface area contributed by atoms with Gasteiger partial charge < -0.3 is 15.3 Å². The molecule has 0 spiro atoms. The SMILES string of the molecule is CCOC(=O)c1cc(C(F)(F)F)c(CN2CCN(OC(=O)C(C)(C)C)CC2)c(F)c1N. The molecule has 1 aliphatic heterocycles. The topological polar surface area (TPSA) is 85.1 Å². The predicted octanol–water partition coefficient (Wildman–Crippen LogP) is 3.23. The lowest BCUT2D eigenvalue weighted by atomic mass is 9.98. The number of ether oxygens (including phenoxy) is 1. The van der Waals surface area contributed by atoms with Crippen molar-refractivity contribution >= 4 is 17.6 Å². The second-order valence-electron chi connectivity index (χ2n) is 8.23. The Morgan fingerprint density at radius 3 is 2.19 bits per heavy atom. The number of hydrogen-bond acceptors (Lipinski definition) is 7. The Kier molecular flexibility index (Phi) is 7.53. The van der Waals surface area contributed by atoms with Crippen LogP contribution >= 0.6 is 0 Å². The molecule has 0 atom stereocenters. The van der Waals surface area contributed by atoms with Gasteiger partial charge in [0.2, 0.25) is 0 Å². The van der Waals surface area contributed by atoms with Crippen molar-refractivity contribution in [3.8, 4) is 0 Å². The zero-order valence-corrected chi connectivity index (χ0v) is 17.9. The highest BCUT2D eigenvalue weighted by Crippen LogP contribution is 2.37. The fourth-order valence-corrected chi connectivity index (χ4v) is 2.95. The second kappa shape index (κ2) is 9.39. The van der Waals surface area contributed by atoms with Crippen LogP contribution in [0.25, 0.3) is 0 Å². The Bertz CT molecular complexity index is 829. The van der Waals surface area contributed by atoms with Gasteiger partial charge in [-0.3, -0.25) is 4.90 Å². The van der Waals surface area contributed by atoms with E-state index in [0.29, 0.717) is 6.07 Å². The largest absolute Gasteiger partial charge is 0.462 e. The molecule has 2 N–H and O–H groups in total. The number of alkyl halides is 3. The molecule has 0 bridgehead atoms. The number of nitrogens with zero attached hydrogens (tertiary/aromatic N) is 2. The Morgan fingerprint density at radius 1 is 1.13 bits per heavy atom. The van der Waals surface area contributed by atoms with Crippen LogP contribution < -0.4 is 5.73 Å². The molecular formula is C20H27F4N3O4. The van der Waals surface area contributed by atoms with Crippen molar-refractivity contribution in [3.63, 3.8) is 0 Å². The van der Waals surface area contributed by atoms with Gasteiger partial charge >= 0.3 is 18.1 Å². The summed E-state index contributed by atoms with van der Waals surface area (Å²) in [5.41, 5.74) is 1.67. The molecule has 0 aromatic heterocycles. The number of carbonyl (C=O) groups is 2. The van der Waals surface area contributed by atoms with Crippen LogP contribution in [0.2, 0.25) is 0 Å². The van der Waals surface area contributed by atoms with Gasteiger partial charge in [0.25, 0.3) is 0 Å². The molecule has 1 heterocycles. The highest BCUT2D eigenvalue weighted by atomic mass is 19.4. The number of anilines is 1. The summed E-state index contributed by atoms with van der Waals surface area (Å²) >= 11 is 0. The van der Waals surface area contributed by atoms with E-state index >= 15 is 0 Å². The van der Waals surface area contributed by atoms with E-state index in [1.165, 1.54) is 12.0 Å². The van der Waals surface area contributed by atoms with Gasteiger partial charge in [-0.1, -0.05) is 0 Å². The van der Waals surface area contributed by atoms with E-state index in [4.69, 9.17) is 10.6 Å². The third-order valence-corrected chi connectivity index (χ3v) is 4.74. The molecule has 1 aromatic carbocycles. The van der Waals surface area contributed by atoms with Crippen LogP contribution in [0.3, 0.4) is 0 Å². The number of nitrogen functional groups attached to an aromatic ring is 1. The standard InChI is InChI=1S/C20H27F4N3O4/c1-5-30-17(28)12-10-14(20(22,23)24)13(15(21)16(12)25)11-26-6-8-27(9-7-26)31-18(29)19(2,3)4/h10H,5-9,11,25H2,1-4H3. The zero-order chi connectivity index (χ0) is 23.6. The van der Waals surface area contributed by atoms with Crippen LogP contribution in [-0.2, 0) is 27.1 Å². The van der Waals surface area contributed by atoms with Crippen molar-refractivity contribution in [2.75, 3.05) is 38.5 Å². The molecule has 2 rings (SSSR count). The van der Waals surface area contributed by atoms with E-state index in [1.807, 2.05) is 0 Å². The molecule has 1 saturated heterocycles. The Morgan fingerprint density at radius 2 is 1.71 bits per heavy atom. The monoisotopic (exact) mass is 449 g/mol. The average Bonchev–Trinajstić information content (AvgIpc) is 2.65. The van der Waals surface area contributed by atoms with E-state index < -0.39 is 51.7 Å². The third-order valence-electron chi connectivity index (χ3n) is 4.74. The Hall–Kier alpha value is -2.40. The molecule has 0 amide bonds. The van der Waals surface area contributed by atoms with Gasteiger partial charge in [0, 0.05) is 38.3 Å². The molecule has 7 nitrogen and oxygen atoms in total. The van der Waals surface area contributed by atoms with Crippen molar-refractivity contribution in [3.05, 3.63) is 28.6 Å². The summed E-state index contributed by atoms with van der Waals surface area (Å²) in [5, 5.41) is 1.43. The number of hydroxylamine groups is 2. The maximum absolute atomic E-state index is 14.8. The lowest BCUT2D eigenvalue weighted by Gasteiger charge is -2.35. The van der Waals surface area contributed by atoms with Crippen LogP contribution in [0.5, 0.6) is 0 Å². The molecule has 0 unspecified atom stereocenters. The van der Waals surface area contributed by atoms with E-state index in [-0.39, 0.29) is 39.3 Å². The first kappa shape index (κ1) is 24.9. The predicted molar refractivity (Wildman–Crippen MR) is 104 cm³/mol. The molecule has 1 fully saturated rings. The van der Waals surface area contributed by atoms with Crippen molar-refractivity contribution in [2.45, 2.75) is 40.4 Å². The molecule has 0 aliphatic carbocycles. The minimum atomic E-state index is -4.89. The van der Waals surface area contributed by atoms with Crippen molar-refractivity contribution in [2.24, 2.45) is 5.41 Å². The minimum Gasteiger partial charge on any atom is -0.462 e. The van der Waals surface area contributed by atoms with Crippen LogP contribution in [0.1, 0.15) is 49.2 Å². The maximum Gasteiger partial charge on any atom is 0.416 e. The van der Waals surface area contributed by atoms with Crippen molar-refractivity contribution < 1.29 is 36.7 Å². The quantitative estimate of drug-likeness (QED) is 0.420. The summed E-state index contributed by atoms with van der Waals surface area (Å²) in [6, 6.07) is 0.535. The smallest absolute Gasteiger partial charge is 0.416 e. The fourth-order valence-electron chi connectivity index (χ4n) is 2.95. The van der Waals surface area contributed by atoms with Crippen LogP contribution in [0.15, 0.2) is 6.07 Å².